The van der Waals surface area contributed by atoms with Crippen molar-refractivity contribution < 1.29 is 9.90 Å². The molecular weight excluding hydrogens is 276 g/mol. The molecule has 2 aromatic rings. The lowest BCUT2D eigenvalue weighted by Gasteiger charge is -1.99. The maximum atomic E-state index is 10.4. The fourth-order valence-corrected chi connectivity index (χ4v) is 3.55. The molecule has 0 aliphatic carbocycles. The number of benzene rings is 1. The molecule has 0 saturated carbocycles. The Kier molecular flexibility index (Phi) is 5.24. The normalized spacial score (nSPS) is 10.9. The average molecular weight is 290 g/mol. The van der Waals surface area contributed by atoms with Gasteiger partial charge in [-0.25, -0.2) is 4.79 Å². The number of carbonyl (C=O) groups is 1. The van der Waals surface area contributed by atoms with Gasteiger partial charge in [-0.3, -0.25) is 0 Å². The van der Waals surface area contributed by atoms with Gasteiger partial charge >= 0.3 is 5.97 Å². The molecule has 1 aromatic carbocycles. The average Bonchev–Trinajstić information content (AvgIpc) is 2.86. The van der Waals surface area contributed by atoms with E-state index in [-0.39, 0.29) is 0 Å². The minimum absolute atomic E-state index is 0.911. The largest absolute Gasteiger partial charge is 0.478 e. The summed E-state index contributed by atoms with van der Waals surface area (Å²) in [4.78, 5) is 11.7. The Balaban J connectivity index is 1.82. The van der Waals surface area contributed by atoms with Crippen LogP contribution >= 0.6 is 23.1 Å². The zero-order valence-corrected chi connectivity index (χ0v) is 11.9. The Morgan fingerprint density at radius 2 is 2.05 bits per heavy atom. The van der Waals surface area contributed by atoms with E-state index in [0.29, 0.717) is 0 Å². The van der Waals surface area contributed by atoms with Crippen molar-refractivity contribution in [1.29, 1.82) is 0 Å². The number of carboxylic acid groups (broad SMARTS) is 1. The summed E-state index contributed by atoms with van der Waals surface area (Å²) in [6.07, 6.45) is 2.80. The summed E-state index contributed by atoms with van der Waals surface area (Å²) in [7, 11) is 0. The van der Waals surface area contributed by atoms with E-state index in [1.54, 1.807) is 17.4 Å². The van der Waals surface area contributed by atoms with Crippen LogP contribution in [0.25, 0.3) is 6.08 Å². The first kappa shape index (κ1) is 13.9. The van der Waals surface area contributed by atoms with Crippen molar-refractivity contribution in [3.63, 3.8) is 0 Å². The molecule has 0 radical (unpaired) electrons. The molecule has 2 nitrogen and oxygen atoms in total. The van der Waals surface area contributed by atoms with Crippen LogP contribution in [-0.2, 0) is 16.3 Å². The van der Waals surface area contributed by atoms with Crippen molar-refractivity contribution in [3.05, 3.63) is 63.9 Å². The van der Waals surface area contributed by atoms with Crippen molar-refractivity contribution >= 4 is 35.1 Å². The van der Waals surface area contributed by atoms with E-state index in [1.807, 2.05) is 29.3 Å². The second-order valence-electron chi connectivity index (χ2n) is 4.00. The SMILES string of the molecule is O=C(O)C=Cc1csc(CSCc2ccccc2)c1. The highest BCUT2D eigenvalue weighted by molar-refractivity contribution is 7.97. The first-order chi connectivity index (χ1) is 9.24. The molecule has 0 aliphatic heterocycles. The smallest absolute Gasteiger partial charge is 0.328 e. The topological polar surface area (TPSA) is 37.3 Å². The van der Waals surface area contributed by atoms with Crippen molar-refractivity contribution in [2.45, 2.75) is 11.5 Å². The summed E-state index contributed by atoms with van der Waals surface area (Å²) in [6, 6.07) is 12.4. The maximum Gasteiger partial charge on any atom is 0.328 e. The minimum Gasteiger partial charge on any atom is -0.478 e. The number of aliphatic carboxylic acids is 1. The van der Waals surface area contributed by atoms with E-state index in [9.17, 15) is 4.79 Å². The number of thioether (sulfide) groups is 1. The molecule has 0 atom stereocenters. The molecule has 19 heavy (non-hydrogen) atoms. The van der Waals surface area contributed by atoms with Gasteiger partial charge in [0.05, 0.1) is 0 Å². The summed E-state index contributed by atoms with van der Waals surface area (Å²) in [5.74, 6) is 1.05. The second kappa shape index (κ2) is 7.16. The van der Waals surface area contributed by atoms with Crippen molar-refractivity contribution in [2.24, 2.45) is 0 Å². The third-order valence-corrected chi connectivity index (χ3v) is 4.64. The first-order valence-electron chi connectivity index (χ1n) is 5.84. The number of thiophene rings is 1. The van der Waals surface area contributed by atoms with Crippen LogP contribution in [0.4, 0.5) is 0 Å². The molecule has 0 unspecified atom stereocenters. The summed E-state index contributed by atoms with van der Waals surface area (Å²) in [5, 5.41) is 10.5. The molecule has 98 valence electrons. The Morgan fingerprint density at radius 1 is 1.26 bits per heavy atom. The molecule has 0 spiro atoms. The van der Waals surface area contributed by atoms with Gasteiger partial charge in [-0.1, -0.05) is 30.3 Å². The fourth-order valence-electron chi connectivity index (χ4n) is 1.57. The molecule has 2 rings (SSSR count). The Hall–Kier alpha value is -1.52. The quantitative estimate of drug-likeness (QED) is 0.807. The predicted molar refractivity (Wildman–Crippen MR) is 82.4 cm³/mol. The number of carboxylic acids is 1. The maximum absolute atomic E-state index is 10.4. The summed E-state index contributed by atoms with van der Waals surface area (Å²) in [5.41, 5.74) is 2.29. The van der Waals surface area contributed by atoms with Crippen LogP contribution in [0.3, 0.4) is 0 Å². The fraction of sp³-hybridized carbons (Fsp3) is 0.133. The van der Waals surface area contributed by atoms with E-state index >= 15 is 0 Å². The van der Waals surface area contributed by atoms with Gasteiger partial charge in [0.1, 0.15) is 0 Å². The van der Waals surface area contributed by atoms with E-state index in [0.717, 1.165) is 17.1 Å². The molecule has 0 saturated heterocycles. The van der Waals surface area contributed by atoms with Crippen LogP contribution < -0.4 is 0 Å². The highest BCUT2D eigenvalue weighted by Gasteiger charge is 1.99. The van der Waals surface area contributed by atoms with Gasteiger partial charge in [-0.05, 0) is 28.6 Å². The first-order valence-corrected chi connectivity index (χ1v) is 7.87. The van der Waals surface area contributed by atoms with E-state index < -0.39 is 5.97 Å². The van der Waals surface area contributed by atoms with Gasteiger partial charge in [0.25, 0.3) is 0 Å². The van der Waals surface area contributed by atoms with Crippen molar-refractivity contribution in [2.75, 3.05) is 0 Å². The third-order valence-electron chi connectivity index (χ3n) is 2.45. The Bertz CT molecular complexity index is 559. The van der Waals surface area contributed by atoms with Gasteiger partial charge in [0, 0.05) is 22.5 Å². The van der Waals surface area contributed by atoms with Crippen LogP contribution in [0.5, 0.6) is 0 Å². The van der Waals surface area contributed by atoms with E-state index in [2.05, 4.69) is 24.3 Å². The predicted octanol–water partition coefficient (Wildman–Crippen LogP) is 4.28. The molecule has 1 heterocycles. The van der Waals surface area contributed by atoms with Gasteiger partial charge < -0.3 is 5.11 Å². The molecule has 1 N–H and O–H groups in total. The van der Waals surface area contributed by atoms with Gasteiger partial charge in [0.15, 0.2) is 0 Å². The lowest BCUT2D eigenvalue weighted by Crippen LogP contribution is -1.84. The Morgan fingerprint density at radius 3 is 2.79 bits per heavy atom. The summed E-state index contributed by atoms with van der Waals surface area (Å²) >= 11 is 3.54. The third kappa shape index (κ3) is 4.93. The van der Waals surface area contributed by atoms with Crippen LogP contribution in [-0.4, -0.2) is 11.1 Å². The second-order valence-corrected chi connectivity index (χ2v) is 5.98. The lowest BCUT2D eigenvalue weighted by atomic mass is 10.2. The van der Waals surface area contributed by atoms with E-state index in [4.69, 9.17) is 5.11 Å². The molecule has 1 aromatic heterocycles. The van der Waals surface area contributed by atoms with E-state index in [1.165, 1.54) is 16.5 Å². The van der Waals surface area contributed by atoms with Crippen molar-refractivity contribution in [3.8, 4) is 0 Å². The molecular formula is C15H14O2S2. The van der Waals surface area contributed by atoms with Crippen molar-refractivity contribution in [1.82, 2.24) is 0 Å². The zero-order valence-electron chi connectivity index (χ0n) is 10.3. The molecule has 0 amide bonds. The zero-order chi connectivity index (χ0) is 13.5. The minimum atomic E-state index is -0.911. The van der Waals surface area contributed by atoms with Crippen LogP contribution in [0.15, 0.2) is 47.9 Å². The van der Waals surface area contributed by atoms with Gasteiger partial charge in [0.2, 0.25) is 0 Å². The lowest BCUT2D eigenvalue weighted by molar-refractivity contribution is -0.131. The van der Waals surface area contributed by atoms with Gasteiger partial charge in [-0.2, -0.15) is 11.8 Å². The number of hydrogen-bond donors (Lipinski definition) is 1. The molecule has 4 heteroatoms. The molecule has 0 aliphatic rings. The summed E-state index contributed by atoms with van der Waals surface area (Å²) < 4.78 is 0. The van der Waals surface area contributed by atoms with Crippen LogP contribution in [0.2, 0.25) is 0 Å². The number of hydrogen-bond acceptors (Lipinski definition) is 3. The van der Waals surface area contributed by atoms with Crippen LogP contribution in [0, 0.1) is 0 Å². The van der Waals surface area contributed by atoms with Crippen LogP contribution in [0.1, 0.15) is 16.0 Å². The van der Waals surface area contributed by atoms with Gasteiger partial charge in [-0.15, -0.1) is 11.3 Å². The number of rotatable bonds is 6. The Labute approximate surface area is 120 Å². The highest BCUT2D eigenvalue weighted by atomic mass is 32.2. The standard InChI is InChI=1S/C15H14O2S2/c16-15(17)7-6-13-8-14(19-10-13)11-18-9-12-4-2-1-3-5-12/h1-8,10H,9,11H2,(H,16,17). The highest BCUT2D eigenvalue weighted by Crippen LogP contribution is 2.23. The summed E-state index contributed by atoms with van der Waals surface area (Å²) in [6.45, 7) is 0. The monoisotopic (exact) mass is 290 g/mol. The molecule has 0 fully saturated rings. The molecule has 0 bridgehead atoms.